The molecule has 0 saturated carbocycles. The maximum absolute atomic E-state index is 14.4. The highest BCUT2D eigenvalue weighted by Gasteiger charge is 2.24. The lowest BCUT2D eigenvalue weighted by Gasteiger charge is -2.20. The zero-order chi connectivity index (χ0) is 21.9. The van der Waals surface area contributed by atoms with E-state index >= 15 is 0 Å². The predicted molar refractivity (Wildman–Crippen MR) is 111 cm³/mol. The summed E-state index contributed by atoms with van der Waals surface area (Å²) in [6, 6.07) is 8.62. The molecule has 0 unspecified atom stereocenters. The number of nitrogens with one attached hydrogen (secondary N) is 1. The zero-order valence-electron chi connectivity index (χ0n) is 16.8. The first-order valence-corrected chi connectivity index (χ1v) is 10.8. The molecule has 0 atom stereocenters. The molecule has 3 rings (SSSR count). The molecular formula is C20H22FN5O3S. The summed E-state index contributed by atoms with van der Waals surface area (Å²) in [5.41, 5.74) is 1.12. The molecule has 0 fully saturated rings. The topological polar surface area (TPSA) is 97.2 Å². The van der Waals surface area contributed by atoms with Crippen molar-refractivity contribution in [3.63, 3.8) is 0 Å². The Kier molecular flexibility index (Phi) is 6.28. The van der Waals surface area contributed by atoms with E-state index in [4.69, 9.17) is 0 Å². The van der Waals surface area contributed by atoms with Crippen molar-refractivity contribution in [2.45, 2.75) is 25.7 Å². The first-order chi connectivity index (χ1) is 14.3. The second-order valence-corrected chi connectivity index (χ2v) is 8.44. The summed E-state index contributed by atoms with van der Waals surface area (Å²) >= 11 is 0. The van der Waals surface area contributed by atoms with Crippen molar-refractivity contribution < 1.29 is 17.6 Å². The number of sulfonamides is 1. The van der Waals surface area contributed by atoms with Crippen LogP contribution in [0.25, 0.3) is 5.69 Å². The number of rotatable bonds is 7. The molecule has 0 saturated heterocycles. The van der Waals surface area contributed by atoms with Crippen LogP contribution < -0.4 is 5.32 Å². The molecule has 30 heavy (non-hydrogen) atoms. The molecule has 1 N–H and O–H groups in total. The van der Waals surface area contributed by atoms with Crippen LogP contribution in [0.1, 0.15) is 29.8 Å². The molecule has 8 nitrogen and oxygen atoms in total. The van der Waals surface area contributed by atoms with Crippen LogP contribution in [0.2, 0.25) is 0 Å². The van der Waals surface area contributed by atoms with Crippen molar-refractivity contribution in [2.24, 2.45) is 0 Å². The number of aromatic nitrogens is 3. The van der Waals surface area contributed by atoms with Crippen LogP contribution >= 0.6 is 0 Å². The molecular weight excluding hydrogens is 409 g/mol. The van der Waals surface area contributed by atoms with Gasteiger partial charge in [-0.15, -0.1) is 0 Å². The van der Waals surface area contributed by atoms with Crippen molar-refractivity contribution in [1.82, 2.24) is 19.1 Å². The van der Waals surface area contributed by atoms with Gasteiger partial charge < -0.3 is 5.32 Å². The van der Waals surface area contributed by atoms with Crippen LogP contribution in [0, 0.1) is 12.7 Å². The van der Waals surface area contributed by atoms with Gasteiger partial charge in [0.1, 0.15) is 18.3 Å². The number of benzene rings is 2. The van der Waals surface area contributed by atoms with E-state index in [1.165, 1.54) is 45.9 Å². The molecule has 0 aliphatic heterocycles. The molecule has 1 aromatic heterocycles. The Hall–Kier alpha value is -3.11. The minimum atomic E-state index is -3.72. The third-order valence-electron chi connectivity index (χ3n) is 4.64. The molecule has 0 radical (unpaired) electrons. The van der Waals surface area contributed by atoms with Gasteiger partial charge in [0, 0.05) is 24.3 Å². The Morgan fingerprint density at radius 1 is 1.17 bits per heavy atom. The van der Waals surface area contributed by atoms with Gasteiger partial charge in [-0.25, -0.2) is 22.5 Å². The minimum absolute atomic E-state index is 0.0755. The van der Waals surface area contributed by atoms with Gasteiger partial charge >= 0.3 is 0 Å². The summed E-state index contributed by atoms with van der Waals surface area (Å²) in [5, 5.41) is 6.47. The molecule has 1 amide bonds. The van der Waals surface area contributed by atoms with Crippen LogP contribution in [0.3, 0.4) is 0 Å². The number of aryl methyl sites for hydroxylation is 1. The lowest BCUT2D eigenvalue weighted by Crippen LogP contribution is -2.31. The Balaban J connectivity index is 1.87. The average molecular weight is 431 g/mol. The molecule has 1 heterocycles. The van der Waals surface area contributed by atoms with Crippen LogP contribution in [0.15, 0.2) is 53.9 Å². The molecule has 2 aromatic carbocycles. The number of carbonyl (C=O) groups is 1. The highest BCUT2D eigenvalue weighted by Crippen LogP contribution is 2.23. The standard InChI is InChI=1S/C20H22FN5O3S/c1-4-25(5-2)30(28,29)19-10-15(7-6-14(19)3)20(27)24-16-8-9-18(17(21)11-16)26-13-22-12-23-26/h6-13H,4-5H2,1-3H3,(H,24,27). The summed E-state index contributed by atoms with van der Waals surface area (Å²) in [6.07, 6.45) is 2.65. The average Bonchev–Trinajstić information content (AvgIpc) is 3.23. The number of carbonyl (C=O) groups excluding carboxylic acids is 1. The van der Waals surface area contributed by atoms with Gasteiger partial charge in [-0.3, -0.25) is 4.79 Å². The number of anilines is 1. The number of halogens is 1. The Morgan fingerprint density at radius 3 is 2.50 bits per heavy atom. The lowest BCUT2D eigenvalue weighted by atomic mass is 10.1. The van der Waals surface area contributed by atoms with Gasteiger partial charge in [-0.05, 0) is 42.8 Å². The summed E-state index contributed by atoms with van der Waals surface area (Å²) in [7, 11) is -3.72. The third kappa shape index (κ3) is 4.24. The summed E-state index contributed by atoms with van der Waals surface area (Å²) < 4.78 is 42.7. The van der Waals surface area contributed by atoms with Crippen molar-refractivity contribution in [2.75, 3.05) is 18.4 Å². The Bertz CT molecular complexity index is 1160. The fourth-order valence-electron chi connectivity index (χ4n) is 3.03. The first kappa shape index (κ1) is 21.6. The van der Waals surface area contributed by atoms with Crippen molar-refractivity contribution >= 4 is 21.6 Å². The lowest BCUT2D eigenvalue weighted by molar-refractivity contribution is 0.102. The normalized spacial score (nSPS) is 11.6. The van der Waals surface area contributed by atoms with Gasteiger partial charge in [-0.1, -0.05) is 19.9 Å². The van der Waals surface area contributed by atoms with Gasteiger partial charge in [0.15, 0.2) is 5.82 Å². The molecule has 158 valence electrons. The maximum Gasteiger partial charge on any atom is 0.255 e. The van der Waals surface area contributed by atoms with E-state index in [2.05, 4.69) is 15.4 Å². The van der Waals surface area contributed by atoms with Crippen molar-refractivity contribution in [3.05, 3.63) is 66.0 Å². The Labute approximate surface area is 174 Å². The van der Waals surface area contributed by atoms with E-state index < -0.39 is 21.7 Å². The zero-order valence-corrected chi connectivity index (χ0v) is 17.6. The van der Waals surface area contributed by atoms with Crippen LogP contribution in [-0.2, 0) is 10.0 Å². The largest absolute Gasteiger partial charge is 0.322 e. The number of amides is 1. The molecule has 0 aliphatic rings. The van der Waals surface area contributed by atoms with Gasteiger partial charge in [0.25, 0.3) is 5.91 Å². The van der Waals surface area contributed by atoms with Gasteiger partial charge in [0.2, 0.25) is 10.0 Å². The molecule has 3 aromatic rings. The first-order valence-electron chi connectivity index (χ1n) is 9.34. The quantitative estimate of drug-likeness (QED) is 0.620. The number of hydrogen-bond acceptors (Lipinski definition) is 5. The molecule has 0 aliphatic carbocycles. The monoisotopic (exact) mass is 431 g/mol. The second-order valence-electron chi connectivity index (χ2n) is 6.53. The maximum atomic E-state index is 14.4. The predicted octanol–water partition coefficient (Wildman–Crippen LogP) is 3.00. The van der Waals surface area contributed by atoms with E-state index in [-0.39, 0.29) is 21.8 Å². The smallest absolute Gasteiger partial charge is 0.255 e. The highest BCUT2D eigenvalue weighted by atomic mass is 32.2. The van der Waals surface area contributed by atoms with Crippen LogP contribution in [0.4, 0.5) is 10.1 Å². The second kappa shape index (κ2) is 8.72. The molecule has 10 heteroatoms. The summed E-state index contributed by atoms with van der Waals surface area (Å²) in [6.45, 7) is 5.84. The highest BCUT2D eigenvalue weighted by molar-refractivity contribution is 7.89. The SMILES string of the molecule is CCN(CC)S(=O)(=O)c1cc(C(=O)Nc2ccc(-n3cncn3)c(F)c2)ccc1C. The van der Waals surface area contributed by atoms with Crippen molar-refractivity contribution in [3.8, 4) is 5.69 Å². The molecule has 0 spiro atoms. The Morgan fingerprint density at radius 2 is 1.90 bits per heavy atom. The van der Waals surface area contributed by atoms with Crippen LogP contribution in [-0.4, -0.2) is 46.5 Å². The number of hydrogen-bond donors (Lipinski definition) is 1. The summed E-state index contributed by atoms with van der Waals surface area (Å²) in [4.78, 5) is 16.5. The van der Waals surface area contributed by atoms with E-state index in [0.717, 1.165) is 6.07 Å². The number of nitrogens with zero attached hydrogens (tertiary/aromatic N) is 4. The fourth-order valence-corrected chi connectivity index (χ4v) is 4.74. The van der Waals surface area contributed by atoms with Gasteiger partial charge in [0.05, 0.1) is 4.90 Å². The van der Waals surface area contributed by atoms with E-state index in [1.54, 1.807) is 26.8 Å². The summed E-state index contributed by atoms with van der Waals surface area (Å²) in [5.74, 6) is -1.13. The minimum Gasteiger partial charge on any atom is -0.322 e. The van der Waals surface area contributed by atoms with E-state index in [9.17, 15) is 17.6 Å². The van der Waals surface area contributed by atoms with Crippen LogP contribution in [0.5, 0.6) is 0 Å². The molecule has 0 bridgehead atoms. The van der Waals surface area contributed by atoms with Crippen molar-refractivity contribution in [1.29, 1.82) is 0 Å². The van der Waals surface area contributed by atoms with E-state index in [1.807, 2.05) is 0 Å². The fraction of sp³-hybridized carbons (Fsp3) is 0.250. The van der Waals surface area contributed by atoms with E-state index in [0.29, 0.717) is 18.7 Å². The third-order valence-corrected chi connectivity index (χ3v) is 6.84. The van der Waals surface area contributed by atoms with Gasteiger partial charge in [-0.2, -0.15) is 9.40 Å².